The van der Waals surface area contributed by atoms with Gasteiger partial charge in [-0.05, 0) is 17.7 Å². The first kappa shape index (κ1) is 13.1. The van der Waals surface area contributed by atoms with Gasteiger partial charge in [-0.1, -0.05) is 17.3 Å². The SMILES string of the molecule is O=C(O)Cc1oncc1-c1ccc(C(F)(F)F)cc1. The van der Waals surface area contributed by atoms with E-state index in [1.54, 1.807) is 0 Å². The highest BCUT2D eigenvalue weighted by Crippen LogP contribution is 2.31. The zero-order valence-corrected chi connectivity index (χ0v) is 9.44. The summed E-state index contributed by atoms with van der Waals surface area (Å²) in [4.78, 5) is 10.6. The second-order valence-electron chi connectivity index (χ2n) is 3.81. The van der Waals surface area contributed by atoms with Crippen molar-refractivity contribution < 1.29 is 27.6 Å². The predicted molar refractivity (Wildman–Crippen MR) is 58.3 cm³/mol. The van der Waals surface area contributed by atoms with Gasteiger partial charge in [0.2, 0.25) is 0 Å². The molecule has 100 valence electrons. The van der Waals surface area contributed by atoms with Gasteiger partial charge < -0.3 is 9.63 Å². The molecule has 0 aliphatic heterocycles. The van der Waals surface area contributed by atoms with E-state index in [-0.39, 0.29) is 12.2 Å². The molecule has 0 unspecified atom stereocenters. The van der Waals surface area contributed by atoms with Crippen molar-refractivity contribution in [2.24, 2.45) is 0 Å². The van der Waals surface area contributed by atoms with Crippen molar-refractivity contribution in [2.75, 3.05) is 0 Å². The first-order chi connectivity index (χ1) is 8.88. The first-order valence-corrected chi connectivity index (χ1v) is 5.21. The molecule has 0 atom stereocenters. The van der Waals surface area contributed by atoms with Gasteiger partial charge in [0.05, 0.1) is 11.8 Å². The fourth-order valence-electron chi connectivity index (χ4n) is 1.60. The summed E-state index contributed by atoms with van der Waals surface area (Å²) in [7, 11) is 0. The fourth-order valence-corrected chi connectivity index (χ4v) is 1.60. The van der Waals surface area contributed by atoms with E-state index in [9.17, 15) is 18.0 Å². The minimum atomic E-state index is -4.41. The van der Waals surface area contributed by atoms with E-state index in [4.69, 9.17) is 9.63 Å². The van der Waals surface area contributed by atoms with E-state index >= 15 is 0 Å². The molecule has 0 bridgehead atoms. The summed E-state index contributed by atoms with van der Waals surface area (Å²) < 4.78 is 42.0. The maximum Gasteiger partial charge on any atom is 0.416 e. The Morgan fingerprint density at radius 1 is 1.26 bits per heavy atom. The molecule has 1 heterocycles. The van der Waals surface area contributed by atoms with Crippen molar-refractivity contribution in [3.05, 3.63) is 41.8 Å². The number of benzene rings is 1. The molecule has 2 rings (SSSR count). The van der Waals surface area contributed by atoms with Gasteiger partial charge in [0, 0.05) is 5.56 Å². The molecule has 2 aromatic rings. The molecular formula is C12H8F3NO3. The van der Waals surface area contributed by atoms with Crippen molar-refractivity contribution in [2.45, 2.75) is 12.6 Å². The molecule has 4 nitrogen and oxygen atoms in total. The van der Waals surface area contributed by atoms with Crippen LogP contribution in [0.25, 0.3) is 11.1 Å². The van der Waals surface area contributed by atoms with E-state index in [0.717, 1.165) is 12.1 Å². The van der Waals surface area contributed by atoms with Crippen LogP contribution < -0.4 is 0 Å². The number of aliphatic carboxylic acids is 1. The highest BCUT2D eigenvalue weighted by molar-refractivity contribution is 5.74. The van der Waals surface area contributed by atoms with E-state index < -0.39 is 17.7 Å². The molecule has 0 saturated carbocycles. The number of hydrogen-bond acceptors (Lipinski definition) is 3. The van der Waals surface area contributed by atoms with Gasteiger partial charge in [0.1, 0.15) is 6.42 Å². The topological polar surface area (TPSA) is 63.3 Å². The van der Waals surface area contributed by atoms with Gasteiger partial charge in [-0.25, -0.2) is 0 Å². The minimum absolute atomic E-state index is 0.104. The smallest absolute Gasteiger partial charge is 0.416 e. The summed E-state index contributed by atoms with van der Waals surface area (Å²) in [6.45, 7) is 0. The summed E-state index contributed by atoms with van der Waals surface area (Å²) in [5, 5.41) is 12.1. The summed E-state index contributed by atoms with van der Waals surface area (Å²) in [6, 6.07) is 4.35. The van der Waals surface area contributed by atoms with Crippen molar-refractivity contribution in [3.63, 3.8) is 0 Å². The lowest BCUT2D eigenvalue weighted by molar-refractivity contribution is -0.138. The molecular weight excluding hydrogens is 263 g/mol. The number of halogens is 3. The molecule has 0 fully saturated rings. The lowest BCUT2D eigenvalue weighted by Crippen LogP contribution is -2.04. The van der Waals surface area contributed by atoms with Crippen LogP contribution >= 0.6 is 0 Å². The Balaban J connectivity index is 2.33. The second-order valence-corrected chi connectivity index (χ2v) is 3.81. The molecule has 1 aromatic carbocycles. The number of hydrogen-bond donors (Lipinski definition) is 1. The zero-order valence-electron chi connectivity index (χ0n) is 9.44. The highest BCUT2D eigenvalue weighted by atomic mass is 19.4. The average Bonchev–Trinajstić information content (AvgIpc) is 2.75. The number of alkyl halides is 3. The van der Waals surface area contributed by atoms with Gasteiger partial charge in [0.15, 0.2) is 5.76 Å². The zero-order chi connectivity index (χ0) is 14.0. The van der Waals surface area contributed by atoms with E-state index in [2.05, 4.69) is 5.16 Å². The Kier molecular flexibility index (Phi) is 3.28. The number of carboxylic acids is 1. The van der Waals surface area contributed by atoms with Crippen LogP contribution in [0.3, 0.4) is 0 Å². The van der Waals surface area contributed by atoms with Gasteiger partial charge in [-0.15, -0.1) is 0 Å². The van der Waals surface area contributed by atoms with Crippen molar-refractivity contribution >= 4 is 5.97 Å². The van der Waals surface area contributed by atoms with E-state index in [1.807, 2.05) is 0 Å². The third-order valence-electron chi connectivity index (χ3n) is 2.48. The number of carbonyl (C=O) groups is 1. The number of nitrogens with zero attached hydrogens (tertiary/aromatic N) is 1. The van der Waals surface area contributed by atoms with Gasteiger partial charge >= 0.3 is 12.1 Å². The molecule has 0 amide bonds. The van der Waals surface area contributed by atoms with Crippen LogP contribution in [0.15, 0.2) is 35.0 Å². The Labute approximate surface area is 105 Å². The lowest BCUT2D eigenvalue weighted by atomic mass is 10.0. The molecule has 1 N–H and O–H groups in total. The average molecular weight is 271 g/mol. The normalized spacial score (nSPS) is 11.5. The summed E-state index contributed by atoms with van der Waals surface area (Å²) in [6.07, 6.45) is -3.51. The second kappa shape index (κ2) is 4.75. The van der Waals surface area contributed by atoms with Crippen LogP contribution in [0.1, 0.15) is 11.3 Å². The number of rotatable bonds is 3. The summed E-state index contributed by atoms with van der Waals surface area (Å²) in [5.74, 6) is -1.00. The first-order valence-electron chi connectivity index (χ1n) is 5.21. The Morgan fingerprint density at radius 2 is 1.89 bits per heavy atom. The summed E-state index contributed by atoms with van der Waals surface area (Å²) >= 11 is 0. The van der Waals surface area contributed by atoms with Crippen LogP contribution in [-0.4, -0.2) is 16.2 Å². The maximum absolute atomic E-state index is 12.4. The van der Waals surface area contributed by atoms with Crippen LogP contribution in [0, 0.1) is 0 Å². The molecule has 19 heavy (non-hydrogen) atoms. The quantitative estimate of drug-likeness (QED) is 0.932. The Bertz CT molecular complexity index is 587. The van der Waals surface area contributed by atoms with Crippen LogP contribution in [-0.2, 0) is 17.4 Å². The monoisotopic (exact) mass is 271 g/mol. The molecule has 0 radical (unpaired) electrons. The van der Waals surface area contributed by atoms with Crippen molar-refractivity contribution in [1.29, 1.82) is 0 Å². The predicted octanol–water partition coefficient (Wildman–Crippen LogP) is 2.99. The van der Waals surface area contributed by atoms with Gasteiger partial charge in [-0.2, -0.15) is 13.2 Å². The Hall–Kier alpha value is -2.31. The minimum Gasteiger partial charge on any atom is -0.481 e. The van der Waals surface area contributed by atoms with Crippen LogP contribution in [0.2, 0.25) is 0 Å². The Morgan fingerprint density at radius 3 is 2.42 bits per heavy atom. The van der Waals surface area contributed by atoms with Crippen molar-refractivity contribution in [3.8, 4) is 11.1 Å². The lowest BCUT2D eigenvalue weighted by Gasteiger charge is -2.07. The molecule has 7 heteroatoms. The van der Waals surface area contributed by atoms with Crippen LogP contribution in [0.4, 0.5) is 13.2 Å². The number of carboxylic acid groups (broad SMARTS) is 1. The molecule has 1 aromatic heterocycles. The molecule has 0 saturated heterocycles. The van der Waals surface area contributed by atoms with Crippen LogP contribution in [0.5, 0.6) is 0 Å². The van der Waals surface area contributed by atoms with Crippen molar-refractivity contribution in [1.82, 2.24) is 5.16 Å². The van der Waals surface area contributed by atoms with Gasteiger partial charge in [-0.3, -0.25) is 4.79 Å². The maximum atomic E-state index is 12.4. The van der Waals surface area contributed by atoms with E-state index in [1.165, 1.54) is 18.3 Å². The molecule has 0 aliphatic carbocycles. The van der Waals surface area contributed by atoms with E-state index in [0.29, 0.717) is 11.1 Å². The third kappa shape index (κ3) is 2.93. The fraction of sp³-hybridized carbons (Fsp3) is 0.167. The standard InChI is InChI=1S/C12H8F3NO3/c13-12(14,15)8-3-1-7(2-4-8)9-6-16-19-10(9)5-11(17)18/h1-4,6H,5H2,(H,17,18). The molecule has 0 aliphatic rings. The highest BCUT2D eigenvalue weighted by Gasteiger charge is 2.30. The largest absolute Gasteiger partial charge is 0.481 e. The van der Waals surface area contributed by atoms with Gasteiger partial charge in [0.25, 0.3) is 0 Å². The summed E-state index contributed by atoms with van der Waals surface area (Å²) in [5.41, 5.74) is 0.0223. The number of aromatic nitrogens is 1. The third-order valence-corrected chi connectivity index (χ3v) is 2.48. The molecule has 0 spiro atoms.